The molecule has 1 saturated heterocycles. The quantitative estimate of drug-likeness (QED) is 0.857. The highest BCUT2D eigenvalue weighted by Crippen LogP contribution is 2.30. The molecule has 2 nitrogen and oxygen atoms in total. The van der Waals surface area contributed by atoms with Crippen molar-refractivity contribution in [2.24, 2.45) is 0 Å². The van der Waals surface area contributed by atoms with E-state index < -0.39 is 0 Å². The van der Waals surface area contributed by atoms with Crippen molar-refractivity contribution in [2.75, 3.05) is 26.2 Å². The first-order valence-electron chi connectivity index (χ1n) is 5.93. The van der Waals surface area contributed by atoms with Crippen LogP contribution in [-0.2, 0) is 0 Å². The van der Waals surface area contributed by atoms with E-state index in [0.29, 0.717) is 6.04 Å². The molecular formula is C13H22Cl2N2S. The summed E-state index contributed by atoms with van der Waals surface area (Å²) in [6.07, 6.45) is 3.10. The molecule has 0 aromatic carbocycles. The minimum absolute atomic E-state index is 0. The molecule has 1 aromatic rings. The Balaban J connectivity index is 0.00000144. The molecule has 1 fully saturated rings. The van der Waals surface area contributed by atoms with Crippen molar-refractivity contribution in [3.05, 3.63) is 34.5 Å². The number of nitrogens with one attached hydrogen (secondary N) is 1. The van der Waals surface area contributed by atoms with Gasteiger partial charge in [-0.3, -0.25) is 4.90 Å². The van der Waals surface area contributed by atoms with Crippen LogP contribution in [0.1, 0.15) is 22.2 Å². The third-order valence-electron chi connectivity index (χ3n) is 3.07. The number of hydrogen-bond acceptors (Lipinski definition) is 3. The van der Waals surface area contributed by atoms with E-state index in [0.717, 1.165) is 32.6 Å². The summed E-state index contributed by atoms with van der Waals surface area (Å²) < 4.78 is 0. The smallest absolute Gasteiger partial charge is 0.0476 e. The molecule has 0 aliphatic carbocycles. The molecule has 2 heterocycles. The van der Waals surface area contributed by atoms with E-state index in [2.05, 4.69) is 35.9 Å². The van der Waals surface area contributed by atoms with Gasteiger partial charge in [-0.1, -0.05) is 6.08 Å². The normalized spacial score (nSPS) is 17.4. The lowest BCUT2D eigenvalue weighted by Gasteiger charge is -2.34. The average Bonchev–Trinajstić information content (AvgIpc) is 2.74. The zero-order chi connectivity index (χ0) is 11.4. The van der Waals surface area contributed by atoms with E-state index in [-0.39, 0.29) is 24.8 Å². The first-order valence-corrected chi connectivity index (χ1v) is 6.75. The molecule has 1 aliphatic rings. The fourth-order valence-corrected chi connectivity index (χ4v) is 3.25. The molecular weight excluding hydrogens is 287 g/mol. The predicted molar refractivity (Wildman–Crippen MR) is 85.5 cm³/mol. The molecule has 5 heteroatoms. The van der Waals surface area contributed by atoms with Crippen molar-refractivity contribution in [1.82, 2.24) is 10.2 Å². The molecule has 1 aromatic heterocycles. The Hall–Kier alpha value is -0.0600. The van der Waals surface area contributed by atoms with Crippen LogP contribution in [0.15, 0.2) is 24.8 Å². The minimum Gasteiger partial charge on any atom is -0.314 e. The first kappa shape index (κ1) is 17.9. The molecule has 0 saturated carbocycles. The molecule has 0 bridgehead atoms. The van der Waals surface area contributed by atoms with Gasteiger partial charge in [-0.05, 0) is 25.5 Å². The second-order valence-corrected chi connectivity index (χ2v) is 5.59. The van der Waals surface area contributed by atoms with Crippen LogP contribution in [0.2, 0.25) is 0 Å². The van der Waals surface area contributed by atoms with Crippen molar-refractivity contribution >= 4 is 36.2 Å². The van der Waals surface area contributed by atoms with Gasteiger partial charge in [-0.25, -0.2) is 0 Å². The van der Waals surface area contributed by atoms with Gasteiger partial charge in [0.15, 0.2) is 0 Å². The van der Waals surface area contributed by atoms with Crippen LogP contribution in [0.3, 0.4) is 0 Å². The number of hydrogen-bond donors (Lipinski definition) is 1. The Labute approximate surface area is 126 Å². The third-order valence-corrected chi connectivity index (χ3v) is 4.17. The highest BCUT2D eigenvalue weighted by atomic mass is 35.5. The summed E-state index contributed by atoms with van der Waals surface area (Å²) in [7, 11) is 0. The molecule has 1 N–H and O–H groups in total. The Morgan fingerprint density at radius 1 is 1.39 bits per heavy atom. The van der Waals surface area contributed by atoms with E-state index in [1.54, 1.807) is 0 Å². The summed E-state index contributed by atoms with van der Waals surface area (Å²) in [5.74, 6) is 0. The highest BCUT2D eigenvalue weighted by Gasteiger charge is 2.21. The number of aryl methyl sites for hydroxylation is 1. The minimum atomic E-state index is 0. The second kappa shape index (κ2) is 8.94. The Bertz CT molecular complexity index is 349. The summed E-state index contributed by atoms with van der Waals surface area (Å²) in [4.78, 5) is 5.46. The van der Waals surface area contributed by atoms with Gasteiger partial charge in [0.25, 0.3) is 0 Å². The molecule has 0 radical (unpaired) electrons. The van der Waals surface area contributed by atoms with E-state index in [1.807, 2.05) is 17.4 Å². The number of piperazine rings is 1. The number of nitrogens with zero attached hydrogens (tertiary/aromatic N) is 1. The van der Waals surface area contributed by atoms with Gasteiger partial charge in [-0.15, -0.1) is 42.7 Å². The van der Waals surface area contributed by atoms with Gasteiger partial charge >= 0.3 is 0 Å². The van der Waals surface area contributed by atoms with Crippen LogP contribution in [0.4, 0.5) is 0 Å². The summed E-state index contributed by atoms with van der Waals surface area (Å²) in [5, 5.41) is 3.40. The summed E-state index contributed by atoms with van der Waals surface area (Å²) >= 11 is 1.92. The lowest BCUT2D eigenvalue weighted by molar-refractivity contribution is 0.177. The molecule has 18 heavy (non-hydrogen) atoms. The monoisotopic (exact) mass is 308 g/mol. The second-order valence-electron chi connectivity index (χ2n) is 4.27. The molecule has 0 unspecified atom stereocenters. The predicted octanol–water partition coefficient (Wildman–Crippen LogP) is 3.42. The van der Waals surface area contributed by atoms with Crippen molar-refractivity contribution in [1.29, 1.82) is 0 Å². The van der Waals surface area contributed by atoms with E-state index in [9.17, 15) is 0 Å². The van der Waals surface area contributed by atoms with E-state index >= 15 is 0 Å². The molecule has 104 valence electrons. The molecule has 0 amide bonds. The van der Waals surface area contributed by atoms with Crippen molar-refractivity contribution in [3.8, 4) is 0 Å². The molecule has 1 atom stereocenters. The van der Waals surface area contributed by atoms with Crippen LogP contribution >= 0.6 is 36.2 Å². The van der Waals surface area contributed by atoms with Crippen LogP contribution in [0, 0.1) is 6.92 Å². The van der Waals surface area contributed by atoms with E-state index in [4.69, 9.17) is 0 Å². The highest BCUT2D eigenvalue weighted by molar-refractivity contribution is 7.12. The fraction of sp³-hybridized carbons (Fsp3) is 0.538. The maximum absolute atomic E-state index is 3.89. The van der Waals surface area contributed by atoms with Gasteiger partial charge < -0.3 is 5.32 Å². The Kier molecular flexibility index (Phi) is 8.91. The Morgan fingerprint density at radius 3 is 2.56 bits per heavy atom. The fourth-order valence-electron chi connectivity index (χ4n) is 2.23. The van der Waals surface area contributed by atoms with Crippen molar-refractivity contribution < 1.29 is 0 Å². The zero-order valence-corrected chi connectivity index (χ0v) is 13.2. The summed E-state index contributed by atoms with van der Waals surface area (Å²) in [6.45, 7) is 10.6. The number of thiophene rings is 1. The van der Waals surface area contributed by atoms with Crippen LogP contribution < -0.4 is 5.32 Å². The third kappa shape index (κ3) is 4.56. The largest absolute Gasteiger partial charge is 0.314 e. The standard InChI is InChI=1S/C13H20N2S.2ClH/c1-3-4-12(13-6-5-11(2)16-13)15-9-7-14-8-10-15;;/h3,5-6,12,14H,1,4,7-10H2,2H3;2*1H/t12-;;/m0../s1. The van der Waals surface area contributed by atoms with Gasteiger partial charge in [0.2, 0.25) is 0 Å². The van der Waals surface area contributed by atoms with Gasteiger partial charge in [0.05, 0.1) is 0 Å². The maximum Gasteiger partial charge on any atom is 0.0476 e. The molecule has 0 spiro atoms. The Morgan fingerprint density at radius 2 is 2.06 bits per heavy atom. The van der Waals surface area contributed by atoms with Gasteiger partial charge in [0.1, 0.15) is 0 Å². The first-order chi connectivity index (χ1) is 7.81. The van der Waals surface area contributed by atoms with Crippen molar-refractivity contribution in [2.45, 2.75) is 19.4 Å². The lowest BCUT2D eigenvalue weighted by Crippen LogP contribution is -2.44. The van der Waals surface area contributed by atoms with Gasteiger partial charge in [0, 0.05) is 42.0 Å². The van der Waals surface area contributed by atoms with Crippen LogP contribution in [-0.4, -0.2) is 31.1 Å². The van der Waals surface area contributed by atoms with E-state index in [1.165, 1.54) is 9.75 Å². The van der Waals surface area contributed by atoms with Gasteiger partial charge in [-0.2, -0.15) is 0 Å². The average molecular weight is 309 g/mol. The maximum atomic E-state index is 3.89. The van der Waals surface area contributed by atoms with Crippen LogP contribution in [0.25, 0.3) is 0 Å². The zero-order valence-electron chi connectivity index (χ0n) is 10.7. The summed E-state index contributed by atoms with van der Waals surface area (Å²) in [5.41, 5.74) is 0. The van der Waals surface area contributed by atoms with Crippen LogP contribution in [0.5, 0.6) is 0 Å². The number of rotatable bonds is 4. The molecule has 2 rings (SSSR count). The van der Waals surface area contributed by atoms with Crippen molar-refractivity contribution in [3.63, 3.8) is 0 Å². The molecule has 1 aliphatic heterocycles. The summed E-state index contributed by atoms with van der Waals surface area (Å²) in [6, 6.07) is 5.03. The number of halogens is 2. The lowest BCUT2D eigenvalue weighted by atomic mass is 10.1. The topological polar surface area (TPSA) is 15.3 Å². The SMILES string of the molecule is C=CC[C@@H](c1ccc(C)s1)N1CCNCC1.Cl.Cl.